The lowest BCUT2D eigenvalue weighted by Crippen LogP contribution is -2.30. The molecule has 0 bridgehead atoms. The minimum Gasteiger partial charge on any atom is -0.482 e. The van der Waals surface area contributed by atoms with E-state index < -0.39 is 36.2 Å². The predicted molar refractivity (Wildman–Crippen MR) is 137 cm³/mol. The van der Waals surface area contributed by atoms with Gasteiger partial charge in [0.15, 0.2) is 6.61 Å². The number of furan rings is 1. The molecule has 0 atom stereocenters. The number of anilines is 1. The van der Waals surface area contributed by atoms with E-state index in [1.165, 1.54) is 61.7 Å². The third kappa shape index (κ3) is 6.21. The Morgan fingerprint density at radius 1 is 1.18 bits per heavy atom. The summed E-state index contributed by atoms with van der Waals surface area (Å²) in [7, 11) is 1.20. The standard InChI is InChI=1S/C25H18BrClFN3O7/c1-36-24(34)20-7-6-17(38-20)11-31-23(33)19(30-25(31)35)9-13-8-14(27)10-18(26)22(13)37-12-21(32)29-16-4-2-15(28)3-5-16/h2-10H,11-12H2,1H3,(H,29,32)(H,30,35)/b19-9-. The van der Waals surface area contributed by atoms with Gasteiger partial charge in [-0.05, 0) is 70.5 Å². The van der Waals surface area contributed by atoms with Gasteiger partial charge >= 0.3 is 12.0 Å². The van der Waals surface area contributed by atoms with E-state index >= 15 is 0 Å². The van der Waals surface area contributed by atoms with Crippen molar-refractivity contribution < 1.29 is 37.5 Å². The number of urea groups is 1. The number of methoxy groups -OCH3 is 1. The van der Waals surface area contributed by atoms with Crippen molar-refractivity contribution in [1.82, 2.24) is 10.2 Å². The van der Waals surface area contributed by atoms with Crippen LogP contribution in [0.1, 0.15) is 21.9 Å². The van der Waals surface area contributed by atoms with Crippen LogP contribution in [-0.4, -0.2) is 42.4 Å². The Labute approximate surface area is 228 Å². The van der Waals surface area contributed by atoms with Gasteiger partial charge < -0.3 is 24.5 Å². The van der Waals surface area contributed by atoms with Crippen molar-refractivity contribution in [3.05, 3.63) is 86.6 Å². The third-order valence-electron chi connectivity index (χ3n) is 5.14. The Kier molecular flexibility index (Phi) is 8.13. The molecule has 0 radical (unpaired) electrons. The van der Waals surface area contributed by atoms with Gasteiger partial charge in [-0.25, -0.2) is 14.0 Å². The lowest BCUT2D eigenvalue weighted by molar-refractivity contribution is -0.123. The molecule has 196 valence electrons. The SMILES string of the molecule is COC(=O)c1ccc(CN2C(=O)N/C(=C\c3cc(Cl)cc(Br)c3OCC(=O)Nc3ccc(F)cc3)C2=O)o1. The van der Waals surface area contributed by atoms with E-state index in [0.29, 0.717) is 20.7 Å². The zero-order valence-electron chi connectivity index (χ0n) is 19.5. The summed E-state index contributed by atoms with van der Waals surface area (Å²) in [6.45, 7) is -0.646. The van der Waals surface area contributed by atoms with Gasteiger partial charge in [-0.1, -0.05) is 11.6 Å². The molecular weight excluding hydrogens is 589 g/mol. The summed E-state index contributed by atoms with van der Waals surface area (Å²) < 4.78 is 29.1. The molecule has 3 aromatic rings. The summed E-state index contributed by atoms with van der Waals surface area (Å²) in [6, 6.07) is 10.4. The fraction of sp³-hybridized carbons (Fsp3) is 0.120. The van der Waals surface area contributed by atoms with Gasteiger partial charge in [0, 0.05) is 16.3 Å². The van der Waals surface area contributed by atoms with Crippen LogP contribution in [-0.2, 0) is 20.9 Å². The summed E-state index contributed by atoms with van der Waals surface area (Å²) >= 11 is 9.50. The van der Waals surface area contributed by atoms with E-state index in [0.717, 1.165) is 4.90 Å². The minimum absolute atomic E-state index is 0.0700. The van der Waals surface area contributed by atoms with Gasteiger partial charge in [0.2, 0.25) is 5.76 Å². The first-order valence-electron chi connectivity index (χ1n) is 10.8. The zero-order chi connectivity index (χ0) is 27.4. The van der Waals surface area contributed by atoms with E-state index in [1.54, 1.807) is 0 Å². The van der Waals surface area contributed by atoms with Gasteiger partial charge in [-0.2, -0.15) is 0 Å². The number of esters is 1. The molecule has 1 aromatic heterocycles. The molecule has 10 nitrogen and oxygen atoms in total. The number of hydrogen-bond acceptors (Lipinski definition) is 7. The van der Waals surface area contributed by atoms with Gasteiger partial charge in [-0.15, -0.1) is 0 Å². The van der Waals surface area contributed by atoms with Gasteiger partial charge in [0.25, 0.3) is 11.8 Å². The van der Waals surface area contributed by atoms with E-state index in [2.05, 4.69) is 31.3 Å². The highest BCUT2D eigenvalue weighted by Gasteiger charge is 2.34. The number of carbonyl (C=O) groups excluding carboxylic acids is 4. The molecule has 4 amide bonds. The maximum absolute atomic E-state index is 13.1. The quantitative estimate of drug-likeness (QED) is 0.216. The molecule has 38 heavy (non-hydrogen) atoms. The van der Waals surface area contributed by atoms with Crippen molar-refractivity contribution in [2.75, 3.05) is 19.0 Å². The number of carbonyl (C=O) groups is 4. The molecule has 13 heteroatoms. The summed E-state index contributed by atoms with van der Waals surface area (Å²) in [5, 5.41) is 5.34. The van der Waals surface area contributed by atoms with Crippen LogP contribution in [0.5, 0.6) is 5.75 Å². The fourth-order valence-corrected chi connectivity index (χ4v) is 4.36. The van der Waals surface area contributed by atoms with Crippen molar-refractivity contribution in [2.45, 2.75) is 6.54 Å². The fourth-order valence-electron chi connectivity index (χ4n) is 3.41. The van der Waals surface area contributed by atoms with Crippen LogP contribution < -0.4 is 15.4 Å². The number of rotatable bonds is 8. The maximum atomic E-state index is 13.1. The summed E-state index contributed by atoms with van der Waals surface area (Å²) in [5.41, 5.74) is 0.604. The molecule has 2 aromatic carbocycles. The number of amides is 4. The second-order valence-corrected chi connectivity index (χ2v) is 9.08. The van der Waals surface area contributed by atoms with Crippen LogP contribution in [0.15, 0.2) is 63.1 Å². The van der Waals surface area contributed by atoms with Crippen LogP contribution in [0, 0.1) is 5.82 Å². The Hall–Kier alpha value is -4.16. The number of ether oxygens (including phenoxy) is 2. The normalized spacial score (nSPS) is 14.0. The number of imide groups is 1. The number of hydrogen-bond donors (Lipinski definition) is 2. The second kappa shape index (κ2) is 11.5. The highest BCUT2D eigenvalue weighted by Crippen LogP contribution is 2.35. The second-order valence-electron chi connectivity index (χ2n) is 7.79. The minimum atomic E-state index is -0.709. The van der Waals surface area contributed by atoms with Crippen LogP contribution in [0.4, 0.5) is 14.9 Å². The molecule has 1 aliphatic heterocycles. The first kappa shape index (κ1) is 26.9. The van der Waals surface area contributed by atoms with E-state index in [1.807, 2.05) is 0 Å². The first-order chi connectivity index (χ1) is 18.1. The molecule has 0 aliphatic carbocycles. The Morgan fingerprint density at radius 2 is 1.92 bits per heavy atom. The Morgan fingerprint density at radius 3 is 2.63 bits per heavy atom. The lowest BCUT2D eigenvalue weighted by atomic mass is 10.1. The molecule has 0 spiro atoms. The van der Waals surface area contributed by atoms with Crippen molar-refractivity contribution in [1.29, 1.82) is 0 Å². The van der Waals surface area contributed by atoms with Crippen LogP contribution in [0.2, 0.25) is 5.02 Å². The van der Waals surface area contributed by atoms with E-state index in [4.69, 9.17) is 20.8 Å². The predicted octanol–water partition coefficient (Wildman–Crippen LogP) is 4.73. The molecular formula is C25H18BrClFN3O7. The topological polar surface area (TPSA) is 127 Å². The van der Waals surface area contributed by atoms with Crippen molar-refractivity contribution in [2.24, 2.45) is 0 Å². The highest BCUT2D eigenvalue weighted by molar-refractivity contribution is 9.10. The highest BCUT2D eigenvalue weighted by atomic mass is 79.9. The smallest absolute Gasteiger partial charge is 0.373 e. The van der Waals surface area contributed by atoms with Crippen LogP contribution in [0.3, 0.4) is 0 Å². The third-order valence-corrected chi connectivity index (χ3v) is 5.94. The summed E-state index contributed by atoms with van der Waals surface area (Å²) in [6.07, 6.45) is 1.35. The Balaban J connectivity index is 1.50. The average Bonchev–Trinajstić information content (AvgIpc) is 3.45. The number of benzene rings is 2. The summed E-state index contributed by atoms with van der Waals surface area (Å²) in [5.74, 6) is -2.01. The first-order valence-corrected chi connectivity index (χ1v) is 12.0. The van der Waals surface area contributed by atoms with Crippen LogP contribution >= 0.6 is 27.5 Å². The molecule has 4 rings (SSSR count). The molecule has 2 N–H and O–H groups in total. The molecule has 2 heterocycles. The van der Waals surface area contributed by atoms with Crippen molar-refractivity contribution in [3.63, 3.8) is 0 Å². The van der Waals surface area contributed by atoms with Crippen molar-refractivity contribution in [3.8, 4) is 5.75 Å². The number of nitrogens with zero attached hydrogens (tertiary/aromatic N) is 1. The maximum Gasteiger partial charge on any atom is 0.373 e. The zero-order valence-corrected chi connectivity index (χ0v) is 21.9. The monoisotopic (exact) mass is 605 g/mol. The van der Waals surface area contributed by atoms with Gasteiger partial charge in [-0.3, -0.25) is 14.5 Å². The lowest BCUT2D eigenvalue weighted by Gasteiger charge is -2.13. The number of nitrogens with one attached hydrogen (secondary N) is 2. The number of halogens is 3. The van der Waals surface area contributed by atoms with Gasteiger partial charge in [0.1, 0.15) is 23.0 Å². The molecule has 1 aliphatic rings. The Bertz CT molecular complexity index is 1460. The molecule has 1 saturated heterocycles. The average molecular weight is 607 g/mol. The van der Waals surface area contributed by atoms with Crippen molar-refractivity contribution >= 4 is 63.1 Å². The van der Waals surface area contributed by atoms with E-state index in [9.17, 15) is 23.6 Å². The molecule has 1 fully saturated rings. The van der Waals surface area contributed by atoms with Gasteiger partial charge in [0.05, 0.1) is 18.1 Å². The van der Waals surface area contributed by atoms with Crippen LogP contribution in [0.25, 0.3) is 6.08 Å². The largest absolute Gasteiger partial charge is 0.482 e. The molecule has 0 saturated carbocycles. The summed E-state index contributed by atoms with van der Waals surface area (Å²) in [4.78, 5) is 50.3. The van der Waals surface area contributed by atoms with E-state index in [-0.39, 0.29) is 29.5 Å². The molecule has 0 unspecified atom stereocenters.